The third-order valence-corrected chi connectivity index (χ3v) is 5.76. The second-order valence-electron chi connectivity index (χ2n) is 7.68. The first-order chi connectivity index (χ1) is 11.6. The van der Waals surface area contributed by atoms with Gasteiger partial charge in [0, 0.05) is 12.3 Å². The van der Waals surface area contributed by atoms with E-state index in [1.807, 2.05) is 0 Å². The van der Waals surface area contributed by atoms with Gasteiger partial charge < -0.3 is 10.2 Å². The lowest BCUT2D eigenvalue weighted by Crippen LogP contribution is -2.49. The van der Waals surface area contributed by atoms with Crippen molar-refractivity contribution in [3.8, 4) is 11.8 Å². The molecule has 0 spiro atoms. The van der Waals surface area contributed by atoms with Crippen molar-refractivity contribution in [1.82, 2.24) is 0 Å². The van der Waals surface area contributed by atoms with Crippen LogP contribution in [0.1, 0.15) is 84.0 Å². The minimum atomic E-state index is -0.589. The largest absolute Gasteiger partial charge is 0.392 e. The fourth-order valence-electron chi connectivity index (χ4n) is 4.11. The van der Waals surface area contributed by atoms with Crippen LogP contribution in [0.3, 0.4) is 0 Å². The standard InChI is InChI=1S/C21H34O3/c1-2-3-4-5-6-7-8-9-10-16(22)11-12-17-19-15-21(24)18(19)13-14-20(17)23/h16-20,22-23H,2-10,13-15H2,1H3/t16-,17+,18-,19+,20+/m0/s1. The van der Waals surface area contributed by atoms with E-state index in [1.165, 1.54) is 38.5 Å². The molecule has 3 nitrogen and oxygen atoms in total. The highest BCUT2D eigenvalue weighted by Gasteiger charge is 2.48. The van der Waals surface area contributed by atoms with E-state index in [0.29, 0.717) is 18.6 Å². The van der Waals surface area contributed by atoms with Gasteiger partial charge in [0.2, 0.25) is 0 Å². The first kappa shape index (κ1) is 19.5. The van der Waals surface area contributed by atoms with E-state index >= 15 is 0 Å². The molecule has 0 aromatic rings. The van der Waals surface area contributed by atoms with Gasteiger partial charge in [-0.3, -0.25) is 4.79 Å². The lowest BCUT2D eigenvalue weighted by molar-refractivity contribution is -0.141. The van der Waals surface area contributed by atoms with Gasteiger partial charge in [0.1, 0.15) is 11.9 Å². The van der Waals surface area contributed by atoms with Crippen molar-refractivity contribution in [2.24, 2.45) is 17.8 Å². The van der Waals surface area contributed by atoms with Crippen molar-refractivity contribution in [2.45, 2.75) is 96.2 Å². The van der Waals surface area contributed by atoms with Gasteiger partial charge in [-0.15, -0.1) is 0 Å². The SMILES string of the molecule is CCCCCCCCCC[C@H](O)C#C[C@@H]1[C@H]2CC(=O)[C@H]2CC[C@H]1O. The number of aliphatic hydroxyl groups excluding tert-OH is 2. The van der Waals surface area contributed by atoms with Crippen LogP contribution in [0.5, 0.6) is 0 Å². The van der Waals surface area contributed by atoms with E-state index in [0.717, 1.165) is 25.7 Å². The molecule has 3 heteroatoms. The number of fused-ring (bicyclic) bond motifs is 1. The smallest absolute Gasteiger partial charge is 0.136 e. The van der Waals surface area contributed by atoms with E-state index in [-0.39, 0.29) is 17.8 Å². The van der Waals surface area contributed by atoms with E-state index in [1.54, 1.807) is 0 Å². The summed E-state index contributed by atoms with van der Waals surface area (Å²) in [4.78, 5) is 11.6. The molecule has 2 rings (SSSR count). The number of carbonyl (C=O) groups is 1. The molecule has 5 atom stereocenters. The van der Waals surface area contributed by atoms with Crippen molar-refractivity contribution in [3.63, 3.8) is 0 Å². The zero-order valence-electron chi connectivity index (χ0n) is 15.2. The van der Waals surface area contributed by atoms with Gasteiger partial charge in [0.25, 0.3) is 0 Å². The second-order valence-corrected chi connectivity index (χ2v) is 7.68. The van der Waals surface area contributed by atoms with Gasteiger partial charge in [-0.05, 0) is 31.6 Å². The van der Waals surface area contributed by atoms with E-state index < -0.39 is 12.2 Å². The molecule has 2 fully saturated rings. The van der Waals surface area contributed by atoms with Gasteiger partial charge in [0.15, 0.2) is 0 Å². The molecular formula is C21H34O3. The summed E-state index contributed by atoms with van der Waals surface area (Å²) in [6, 6.07) is 0. The van der Waals surface area contributed by atoms with Crippen molar-refractivity contribution in [1.29, 1.82) is 0 Å². The van der Waals surface area contributed by atoms with Crippen LogP contribution in [0, 0.1) is 29.6 Å². The summed E-state index contributed by atoms with van der Waals surface area (Å²) in [5.74, 6) is 6.60. The predicted octanol–water partition coefficient (Wildman–Crippen LogP) is 3.86. The second kappa shape index (κ2) is 10.2. The van der Waals surface area contributed by atoms with Crippen LogP contribution in [0.4, 0.5) is 0 Å². The molecule has 0 radical (unpaired) electrons. The number of aliphatic hydroxyl groups is 2. The molecule has 0 bridgehead atoms. The van der Waals surface area contributed by atoms with E-state index in [4.69, 9.17) is 0 Å². The normalized spacial score (nSPS) is 30.0. The van der Waals surface area contributed by atoms with Gasteiger partial charge in [0.05, 0.1) is 12.0 Å². The lowest BCUT2D eigenvalue weighted by atomic mass is 9.59. The average molecular weight is 335 g/mol. The average Bonchev–Trinajstić information content (AvgIpc) is 2.56. The molecule has 0 aliphatic heterocycles. The maximum Gasteiger partial charge on any atom is 0.136 e. The number of Topliss-reactive ketones (excluding diaryl/α,β-unsaturated/α-hetero) is 1. The van der Waals surface area contributed by atoms with Gasteiger partial charge in [-0.2, -0.15) is 0 Å². The number of hydrogen-bond donors (Lipinski definition) is 2. The highest BCUT2D eigenvalue weighted by Crippen LogP contribution is 2.45. The van der Waals surface area contributed by atoms with Crippen LogP contribution >= 0.6 is 0 Å². The van der Waals surface area contributed by atoms with E-state index in [9.17, 15) is 15.0 Å². The first-order valence-corrected chi connectivity index (χ1v) is 10.0. The Bertz CT molecular complexity index is 448. The van der Waals surface area contributed by atoms with Gasteiger partial charge >= 0.3 is 0 Å². The van der Waals surface area contributed by atoms with Crippen LogP contribution in [0.15, 0.2) is 0 Å². The monoisotopic (exact) mass is 334 g/mol. The predicted molar refractivity (Wildman–Crippen MR) is 96.3 cm³/mol. The molecule has 2 aliphatic carbocycles. The third-order valence-electron chi connectivity index (χ3n) is 5.76. The number of unbranched alkanes of at least 4 members (excludes halogenated alkanes) is 7. The fourth-order valence-corrected chi connectivity index (χ4v) is 4.11. The summed E-state index contributed by atoms with van der Waals surface area (Å²) < 4.78 is 0. The van der Waals surface area contributed by atoms with Crippen LogP contribution in [-0.2, 0) is 4.79 Å². The third kappa shape index (κ3) is 5.60. The zero-order valence-corrected chi connectivity index (χ0v) is 15.2. The molecular weight excluding hydrogens is 300 g/mol. The molecule has 0 unspecified atom stereocenters. The summed E-state index contributed by atoms with van der Waals surface area (Å²) in [7, 11) is 0. The quantitative estimate of drug-likeness (QED) is 0.497. The van der Waals surface area contributed by atoms with Crippen LogP contribution < -0.4 is 0 Å². The maximum atomic E-state index is 11.6. The highest BCUT2D eigenvalue weighted by molar-refractivity contribution is 5.87. The minimum absolute atomic E-state index is 0.116. The molecule has 0 aromatic heterocycles. The molecule has 2 N–H and O–H groups in total. The van der Waals surface area contributed by atoms with E-state index in [2.05, 4.69) is 18.8 Å². The van der Waals surface area contributed by atoms with Crippen molar-refractivity contribution in [3.05, 3.63) is 0 Å². The Labute approximate surface area is 147 Å². The van der Waals surface area contributed by atoms with Crippen LogP contribution in [0.25, 0.3) is 0 Å². The number of hydrogen-bond acceptors (Lipinski definition) is 3. The molecule has 0 saturated heterocycles. The molecule has 0 heterocycles. The zero-order chi connectivity index (χ0) is 17.4. The molecule has 2 aliphatic rings. The topological polar surface area (TPSA) is 57.5 Å². The van der Waals surface area contributed by atoms with Gasteiger partial charge in [-0.1, -0.05) is 63.7 Å². The summed E-state index contributed by atoms with van der Waals surface area (Å²) in [6.07, 6.45) is 11.8. The minimum Gasteiger partial charge on any atom is -0.392 e. The molecule has 2 saturated carbocycles. The number of rotatable bonds is 9. The molecule has 0 amide bonds. The Balaban J connectivity index is 1.61. The summed E-state index contributed by atoms with van der Waals surface area (Å²) >= 11 is 0. The van der Waals surface area contributed by atoms with Crippen LogP contribution in [-0.4, -0.2) is 28.2 Å². The first-order valence-electron chi connectivity index (χ1n) is 10.0. The molecule has 0 aromatic carbocycles. The van der Waals surface area contributed by atoms with Crippen molar-refractivity contribution < 1.29 is 15.0 Å². The number of ketones is 1. The van der Waals surface area contributed by atoms with Gasteiger partial charge in [-0.25, -0.2) is 0 Å². The van der Waals surface area contributed by atoms with Crippen LogP contribution in [0.2, 0.25) is 0 Å². The summed E-state index contributed by atoms with van der Waals surface area (Å²) in [6.45, 7) is 2.23. The Morgan fingerprint density at radius 1 is 1.08 bits per heavy atom. The fraction of sp³-hybridized carbons (Fsp3) is 0.857. The lowest BCUT2D eigenvalue weighted by Gasteiger charge is -2.44. The summed E-state index contributed by atoms with van der Waals surface area (Å²) in [5.41, 5.74) is 0. The maximum absolute atomic E-state index is 11.6. The Morgan fingerprint density at radius 2 is 1.75 bits per heavy atom. The van der Waals surface area contributed by atoms with Crippen molar-refractivity contribution in [2.75, 3.05) is 0 Å². The Morgan fingerprint density at radius 3 is 2.42 bits per heavy atom. The molecule has 136 valence electrons. The summed E-state index contributed by atoms with van der Waals surface area (Å²) in [5, 5.41) is 20.2. The highest BCUT2D eigenvalue weighted by atomic mass is 16.3. The molecule has 24 heavy (non-hydrogen) atoms. The Hall–Kier alpha value is -0.850. The number of carbonyl (C=O) groups excluding carboxylic acids is 1. The van der Waals surface area contributed by atoms with Crippen molar-refractivity contribution >= 4 is 5.78 Å². The Kier molecular flexibility index (Phi) is 8.29.